The van der Waals surface area contributed by atoms with Gasteiger partial charge in [0.25, 0.3) is 5.91 Å². The van der Waals surface area contributed by atoms with Gasteiger partial charge in [-0.25, -0.2) is 4.79 Å². The summed E-state index contributed by atoms with van der Waals surface area (Å²) in [6, 6.07) is -0.450. The minimum atomic E-state index is -0.880. The number of thioether (sulfide) groups is 1. The van der Waals surface area contributed by atoms with Crippen molar-refractivity contribution in [3.63, 3.8) is 0 Å². The van der Waals surface area contributed by atoms with E-state index in [2.05, 4.69) is 10.6 Å². The Balaban J connectivity index is 1.58. The number of hydrogen-bond acceptors (Lipinski definition) is 4. The van der Waals surface area contributed by atoms with Crippen LogP contribution in [0, 0.1) is 5.92 Å². The summed E-state index contributed by atoms with van der Waals surface area (Å²) in [7, 11) is 0. The van der Waals surface area contributed by atoms with Crippen LogP contribution >= 0.6 is 11.8 Å². The number of nitrogens with one attached hydrogen (secondary N) is 2. The maximum absolute atomic E-state index is 12.3. The zero-order valence-corrected chi connectivity index (χ0v) is 12.1. The lowest BCUT2D eigenvalue weighted by molar-refractivity contribution is -0.131. The Kier molecular flexibility index (Phi) is 3.62. The maximum atomic E-state index is 12.3. The first-order chi connectivity index (χ1) is 9.59. The van der Waals surface area contributed by atoms with E-state index in [1.165, 1.54) is 0 Å². The van der Waals surface area contributed by atoms with Gasteiger partial charge in [0.15, 0.2) is 0 Å². The number of imide groups is 1. The Labute approximate surface area is 122 Å². The summed E-state index contributed by atoms with van der Waals surface area (Å²) < 4.78 is 0. The van der Waals surface area contributed by atoms with Crippen molar-refractivity contribution in [2.24, 2.45) is 5.92 Å². The highest BCUT2D eigenvalue weighted by molar-refractivity contribution is 7.99. The van der Waals surface area contributed by atoms with Gasteiger partial charge in [-0.3, -0.25) is 14.9 Å². The van der Waals surface area contributed by atoms with Gasteiger partial charge in [0, 0.05) is 13.0 Å². The molecule has 0 saturated carbocycles. The molecule has 0 radical (unpaired) electrons. The number of amides is 4. The largest absolute Gasteiger partial charge is 0.340 e. The van der Waals surface area contributed by atoms with Crippen molar-refractivity contribution < 1.29 is 14.4 Å². The first kappa shape index (κ1) is 13.7. The van der Waals surface area contributed by atoms with Crippen LogP contribution in [0.2, 0.25) is 0 Å². The van der Waals surface area contributed by atoms with Crippen molar-refractivity contribution >= 4 is 29.6 Å². The third-order valence-corrected chi connectivity index (χ3v) is 5.49. The van der Waals surface area contributed by atoms with Crippen molar-refractivity contribution in [1.29, 1.82) is 0 Å². The number of nitrogens with zero attached hydrogens (tertiary/aromatic N) is 1. The Morgan fingerprint density at radius 1 is 1.35 bits per heavy atom. The topological polar surface area (TPSA) is 78.5 Å². The molecule has 3 saturated heterocycles. The summed E-state index contributed by atoms with van der Waals surface area (Å²) in [6.45, 7) is 0.860. The highest BCUT2D eigenvalue weighted by Crippen LogP contribution is 2.29. The summed E-state index contributed by atoms with van der Waals surface area (Å²) in [6.07, 6.45) is 3.29. The maximum Gasteiger partial charge on any atom is 0.322 e. The van der Waals surface area contributed by atoms with Gasteiger partial charge in [-0.05, 0) is 36.7 Å². The zero-order valence-electron chi connectivity index (χ0n) is 11.3. The quantitative estimate of drug-likeness (QED) is 0.720. The number of rotatable bonds is 2. The van der Waals surface area contributed by atoms with Gasteiger partial charge in [-0.15, -0.1) is 0 Å². The molecule has 7 heteroatoms. The fraction of sp³-hybridized carbons (Fsp3) is 0.769. The Hall–Kier alpha value is -1.24. The summed E-state index contributed by atoms with van der Waals surface area (Å²) in [4.78, 5) is 37.1. The molecular formula is C13H19N3O3S. The molecule has 0 bridgehead atoms. The summed E-state index contributed by atoms with van der Waals surface area (Å²) in [5.74, 6) is 2.58. The van der Waals surface area contributed by atoms with Crippen LogP contribution in [0.1, 0.15) is 25.7 Å². The molecule has 20 heavy (non-hydrogen) atoms. The lowest BCUT2D eigenvalue weighted by Gasteiger charge is -2.25. The van der Waals surface area contributed by atoms with Gasteiger partial charge >= 0.3 is 6.03 Å². The van der Waals surface area contributed by atoms with Gasteiger partial charge in [-0.1, -0.05) is 0 Å². The fourth-order valence-electron chi connectivity index (χ4n) is 3.16. The van der Waals surface area contributed by atoms with Crippen LogP contribution in [0.3, 0.4) is 0 Å². The molecule has 110 valence electrons. The molecule has 3 aliphatic rings. The molecule has 3 aliphatic heterocycles. The van der Waals surface area contributed by atoms with E-state index in [-0.39, 0.29) is 11.8 Å². The number of urea groups is 1. The molecule has 3 heterocycles. The molecule has 2 N–H and O–H groups in total. The van der Waals surface area contributed by atoms with Gasteiger partial charge in [-0.2, -0.15) is 11.8 Å². The smallest absolute Gasteiger partial charge is 0.322 e. The highest BCUT2D eigenvalue weighted by Gasteiger charge is 2.51. The van der Waals surface area contributed by atoms with Gasteiger partial charge in [0.2, 0.25) is 5.91 Å². The number of carbonyl (C=O) groups excluding carboxylic acids is 3. The SMILES string of the molecule is O=C1NC(=O)C2(CCN(C(=O)CC3CCSCC3)C2)N1. The predicted octanol–water partition coefficient (Wildman–Crippen LogP) is 0.330. The molecule has 3 rings (SSSR count). The van der Waals surface area contributed by atoms with Crippen LogP contribution in [0.4, 0.5) is 4.79 Å². The van der Waals surface area contributed by atoms with Crippen molar-refractivity contribution in [2.75, 3.05) is 24.6 Å². The van der Waals surface area contributed by atoms with E-state index < -0.39 is 11.6 Å². The van der Waals surface area contributed by atoms with Gasteiger partial charge in [0.1, 0.15) is 5.54 Å². The molecule has 4 amide bonds. The van der Waals surface area contributed by atoms with Crippen LogP contribution in [-0.2, 0) is 9.59 Å². The van der Waals surface area contributed by atoms with Crippen LogP contribution in [0.15, 0.2) is 0 Å². The number of likely N-dealkylation sites (tertiary alicyclic amines) is 1. The fourth-order valence-corrected chi connectivity index (χ4v) is 4.37. The molecule has 1 unspecified atom stereocenters. The van der Waals surface area contributed by atoms with Crippen molar-refractivity contribution in [3.05, 3.63) is 0 Å². The molecule has 1 atom stereocenters. The third-order valence-electron chi connectivity index (χ3n) is 4.44. The van der Waals surface area contributed by atoms with Crippen LogP contribution in [0.5, 0.6) is 0 Å². The van der Waals surface area contributed by atoms with Crippen LogP contribution in [-0.4, -0.2) is 52.9 Å². The lowest BCUT2D eigenvalue weighted by atomic mass is 9.98. The second-order valence-corrected chi connectivity index (χ2v) is 7.04. The van der Waals surface area contributed by atoms with Crippen molar-refractivity contribution in [1.82, 2.24) is 15.5 Å². The Morgan fingerprint density at radius 3 is 2.75 bits per heavy atom. The predicted molar refractivity (Wildman–Crippen MR) is 75.3 cm³/mol. The highest BCUT2D eigenvalue weighted by atomic mass is 32.2. The first-order valence-corrected chi connectivity index (χ1v) is 8.24. The van der Waals surface area contributed by atoms with Gasteiger partial charge in [0.05, 0.1) is 6.54 Å². The molecule has 0 aromatic carbocycles. The van der Waals surface area contributed by atoms with Crippen molar-refractivity contribution in [2.45, 2.75) is 31.2 Å². The number of hydrogen-bond donors (Lipinski definition) is 2. The molecule has 3 fully saturated rings. The Morgan fingerprint density at radius 2 is 2.10 bits per heavy atom. The van der Waals surface area contributed by atoms with Crippen molar-refractivity contribution in [3.8, 4) is 0 Å². The summed E-state index contributed by atoms with van der Waals surface area (Å²) in [5, 5.41) is 4.93. The second kappa shape index (κ2) is 5.27. The van der Waals surface area contributed by atoms with Crippen LogP contribution in [0.25, 0.3) is 0 Å². The monoisotopic (exact) mass is 297 g/mol. The molecule has 0 aromatic heterocycles. The molecule has 6 nitrogen and oxygen atoms in total. The van der Waals surface area contributed by atoms with E-state index in [1.807, 2.05) is 11.8 Å². The molecule has 0 aliphatic carbocycles. The summed E-state index contributed by atoms with van der Waals surface area (Å²) >= 11 is 1.95. The minimum Gasteiger partial charge on any atom is -0.340 e. The number of carbonyl (C=O) groups is 3. The Bertz CT molecular complexity index is 450. The van der Waals surface area contributed by atoms with E-state index in [0.29, 0.717) is 31.8 Å². The van der Waals surface area contributed by atoms with Gasteiger partial charge < -0.3 is 10.2 Å². The zero-order chi connectivity index (χ0) is 14.2. The average Bonchev–Trinajstić information content (AvgIpc) is 2.96. The van der Waals surface area contributed by atoms with E-state index in [4.69, 9.17) is 0 Å². The second-order valence-electron chi connectivity index (χ2n) is 5.82. The standard InChI is InChI=1S/C13H19N3O3S/c17-10(7-9-1-5-20-6-2-9)16-4-3-13(8-16)11(18)14-12(19)15-13/h9H,1-8H2,(H2,14,15,18,19). The van der Waals surface area contributed by atoms with E-state index in [0.717, 1.165) is 24.3 Å². The lowest BCUT2D eigenvalue weighted by Crippen LogP contribution is -2.49. The van der Waals surface area contributed by atoms with Crippen LogP contribution < -0.4 is 10.6 Å². The molecule has 1 spiro atoms. The van der Waals surface area contributed by atoms with E-state index in [9.17, 15) is 14.4 Å². The molecular weight excluding hydrogens is 278 g/mol. The summed E-state index contributed by atoms with van der Waals surface area (Å²) in [5.41, 5.74) is -0.880. The first-order valence-electron chi connectivity index (χ1n) is 7.08. The van der Waals surface area contributed by atoms with E-state index >= 15 is 0 Å². The average molecular weight is 297 g/mol. The molecule has 0 aromatic rings. The third kappa shape index (κ3) is 2.51. The normalized spacial score (nSPS) is 30.7. The van der Waals surface area contributed by atoms with E-state index in [1.54, 1.807) is 4.90 Å². The minimum absolute atomic E-state index is 0.118.